The quantitative estimate of drug-likeness (QED) is 0.333. The van der Waals surface area contributed by atoms with Crippen molar-refractivity contribution in [3.8, 4) is 0 Å². The third-order valence-corrected chi connectivity index (χ3v) is 8.61. The molecule has 2 aliphatic rings. The molecule has 1 amide bonds. The Morgan fingerprint density at radius 1 is 0.943 bits per heavy atom. The second kappa shape index (κ2) is 9.59. The zero-order valence-electron chi connectivity index (χ0n) is 19.7. The summed E-state index contributed by atoms with van der Waals surface area (Å²) >= 11 is 1.73. The molecule has 35 heavy (non-hydrogen) atoms. The van der Waals surface area contributed by atoms with Gasteiger partial charge in [0.1, 0.15) is 5.82 Å². The predicted octanol–water partition coefficient (Wildman–Crippen LogP) is 6.41. The van der Waals surface area contributed by atoms with Gasteiger partial charge < -0.3 is 9.80 Å². The largest absolute Gasteiger partial charge is 0.328 e. The van der Waals surface area contributed by atoms with Gasteiger partial charge >= 0.3 is 6.03 Å². The van der Waals surface area contributed by atoms with Crippen LogP contribution in [0.3, 0.4) is 0 Å². The average molecular weight is 488 g/mol. The highest BCUT2D eigenvalue weighted by atomic mass is 32.1. The van der Waals surface area contributed by atoms with Gasteiger partial charge in [0, 0.05) is 37.1 Å². The fraction of sp³-hybridized carbons (Fsp3) is 0.345. The normalized spacial score (nSPS) is 21.7. The summed E-state index contributed by atoms with van der Waals surface area (Å²) in [6.45, 7) is 4.64. The van der Waals surface area contributed by atoms with Crippen LogP contribution in [0, 0.1) is 11.7 Å². The molecule has 2 saturated heterocycles. The molecule has 0 spiro atoms. The van der Waals surface area contributed by atoms with Crippen molar-refractivity contribution in [2.24, 2.45) is 5.92 Å². The maximum Gasteiger partial charge on any atom is 0.328 e. The Morgan fingerprint density at radius 2 is 1.74 bits per heavy atom. The molecule has 2 atom stereocenters. The third kappa shape index (κ3) is 4.53. The molecular weight excluding hydrogens is 457 g/mol. The van der Waals surface area contributed by atoms with E-state index in [0.29, 0.717) is 17.8 Å². The van der Waals surface area contributed by atoms with E-state index in [9.17, 15) is 9.18 Å². The molecule has 6 heteroatoms. The van der Waals surface area contributed by atoms with E-state index in [0.717, 1.165) is 56.5 Å². The van der Waals surface area contributed by atoms with E-state index in [1.165, 1.54) is 11.1 Å². The Labute approximate surface area is 209 Å². The average Bonchev–Trinajstić information content (AvgIpc) is 3.64. The van der Waals surface area contributed by atoms with Gasteiger partial charge in [-0.05, 0) is 90.0 Å². The Hall–Kier alpha value is -2.96. The fourth-order valence-corrected chi connectivity index (χ4v) is 6.72. The molecule has 2 unspecified atom stereocenters. The van der Waals surface area contributed by atoms with Gasteiger partial charge in [0.15, 0.2) is 0 Å². The van der Waals surface area contributed by atoms with Crippen LogP contribution in [0.5, 0.6) is 0 Å². The van der Waals surface area contributed by atoms with E-state index in [1.807, 2.05) is 47.5 Å². The van der Waals surface area contributed by atoms with Gasteiger partial charge in [-0.25, -0.2) is 9.18 Å². The minimum Gasteiger partial charge on any atom is -0.323 e. The fourth-order valence-electron chi connectivity index (χ4n) is 5.99. The summed E-state index contributed by atoms with van der Waals surface area (Å²) in [5, 5.41) is 5.48. The number of thiophene rings is 1. The van der Waals surface area contributed by atoms with Crippen LogP contribution >= 0.6 is 11.3 Å². The molecule has 4 aromatic rings. The summed E-state index contributed by atoms with van der Waals surface area (Å²) < 4.78 is 15.1. The third-order valence-electron chi connectivity index (χ3n) is 7.91. The number of carbonyl (C=O) groups excluding carboxylic acids is 1. The first-order valence-corrected chi connectivity index (χ1v) is 13.5. The highest BCUT2D eigenvalue weighted by molar-refractivity contribution is 7.08. The lowest BCUT2D eigenvalue weighted by atomic mass is 9.87. The number of para-hydroxylation sites is 1. The van der Waals surface area contributed by atoms with Crippen molar-refractivity contribution in [1.82, 2.24) is 14.4 Å². The topological polar surface area (TPSA) is 28.5 Å². The first-order valence-electron chi connectivity index (χ1n) is 12.5. The Morgan fingerprint density at radius 3 is 2.51 bits per heavy atom. The van der Waals surface area contributed by atoms with Gasteiger partial charge in [-0.15, -0.1) is 0 Å². The summed E-state index contributed by atoms with van der Waals surface area (Å²) in [6.07, 6.45) is 4.10. The van der Waals surface area contributed by atoms with Crippen LogP contribution in [0.4, 0.5) is 9.18 Å². The summed E-state index contributed by atoms with van der Waals surface area (Å²) in [7, 11) is 0. The molecule has 0 bridgehead atoms. The van der Waals surface area contributed by atoms with Crippen molar-refractivity contribution in [1.29, 1.82) is 0 Å². The molecule has 4 heterocycles. The van der Waals surface area contributed by atoms with Crippen LogP contribution in [0.2, 0.25) is 0 Å². The SMILES string of the molecule is O=C(N1CC(CN2CCC(c3ccc(F)cc3)CC2)C(c2ccsc2)C1)n1ccc2ccccc21. The van der Waals surface area contributed by atoms with Crippen LogP contribution in [0.25, 0.3) is 10.9 Å². The highest BCUT2D eigenvalue weighted by Crippen LogP contribution is 2.36. The number of rotatable bonds is 4. The molecule has 0 N–H and O–H groups in total. The number of hydrogen-bond donors (Lipinski definition) is 0. The number of nitrogens with zero attached hydrogens (tertiary/aromatic N) is 3. The monoisotopic (exact) mass is 487 g/mol. The molecule has 2 aromatic heterocycles. The standard InChI is InChI=1S/C29H30FN3OS/c30-26-7-5-21(6-8-26)22-9-13-31(14-10-22)17-25-18-32(19-27(25)24-12-16-35-20-24)29(34)33-15-11-23-3-1-2-4-28(23)33/h1-8,11-12,15-16,20,22,25,27H,9-10,13-14,17-19H2. The number of halogens is 1. The molecule has 6 rings (SSSR count). The van der Waals surface area contributed by atoms with Gasteiger partial charge in [0.05, 0.1) is 5.52 Å². The van der Waals surface area contributed by atoms with Crippen molar-refractivity contribution in [3.05, 3.63) is 94.6 Å². The number of piperidine rings is 1. The Bertz CT molecular complexity index is 1290. The maximum absolute atomic E-state index is 13.5. The second-order valence-corrected chi connectivity index (χ2v) is 10.8. The minimum atomic E-state index is -0.168. The number of fused-ring (bicyclic) bond motifs is 1. The molecule has 2 aromatic carbocycles. The molecule has 0 radical (unpaired) electrons. The lowest BCUT2D eigenvalue weighted by Crippen LogP contribution is -2.39. The van der Waals surface area contributed by atoms with E-state index < -0.39 is 0 Å². The van der Waals surface area contributed by atoms with Crippen molar-refractivity contribution in [2.75, 3.05) is 32.7 Å². The maximum atomic E-state index is 13.5. The van der Waals surface area contributed by atoms with E-state index in [4.69, 9.17) is 0 Å². The van der Waals surface area contributed by atoms with Gasteiger partial charge in [-0.3, -0.25) is 4.57 Å². The molecule has 180 valence electrons. The van der Waals surface area contributed by atoms with Crippen molar-refractivity contribution in [3.63, 3.8) is 0 Å². The number of aromatic nitrogens is 1. The van der Waals surface area contributed by atoms with Crippen molar-refractivity contribution < 1.29 is 9.18 Å². The number of benzene rings is 2. The Kier molecular flexibility index (Phi) is 6.17. The van der Waals surface area contributed by atoms with E-state index in [2.05, 4.69) is 27.8 Å². The Balaban J connectivity index is 1.15. The zero-order valence-corrected chi connectivity index (χ0v) is 20.5. The smallest absolute Gasteiger partial charge is 0.323 e. The highest BCUT2D eigenvalue weighted by Gasteiger charge is 2.38. The van der Waals surface area contributed by atoms with Crippen molar-refractivity contribution in [2.45, 2.75) is 24.7 Å². The summed E-state index contributed by atoms with van der Waals surface area (Å²) in [4.78, 5) is 18.2. The molecule has 4 nitrogen and oxygen atoms in total. The first kappa shape index (κ1) is 22.5. The second-order valence-electron chi connectivity index (χ2n) is 9.98. The summed E-state index contributed by atoms with van der Waals surface area (Å²) in [5.74, 6) is 1.11. The predicted molar refractivity (Wildman–Crippen MR) is 140 cm³/mol. The number of hydrogen-bond acceptors (Lipinski definition) is 3. The van der Waals surface area contributed by atoms with Crippen molar-refractivity contribution >= 4 is 28.3 Å². The van der Waals surface area contributed by atoms with E-state index in [-0.39, 0.29) is 11.8 Å². The minimum absolute atomic E-state index is 0.0731. The van der Waals surface area contributed by atoms with Gasteiger partial charge in [0.25, 0.3) is 0 Å². The lowest BCUT2D eigenvalue weighted by molar-refractivity contribution is 0.176. The lowest BCUT2D eigenvalue weighted by Gasteiger charge is -2.34. The van der Waals surface area contributed by atoms with Crippen LogP contribution in [0.15, 0.2) is 77.6 Å². The molecule has 0 aliphatic carbocycles. The summed E-state index contributed by atoms with van der Waals surface area (Å²) in [6, 6.07) is 19.4. The molecule has 2 aliphatic heterocycles. The number of carbonyl (C=O) groups is 1. The molecular formula is C29H30FN3OS. The van der Waals surface area contributed by atoms with Crippen LogP contribution < -0.4 is 0 Å². The van der Waals surface area contributed by atoms with Crippen LogP contribution in [-0.4, -0.2) is 53.1 Å². The van der Waals surface area contributed by atoms with Gasteiger partial charge in [-0.2, -0.15) is 11.3 Å². The zero-order chi connectivity index (χ0) is 23.8. The van der Waals surface area contributed by atoms with Gasteiger partial charge in [-0.1, -0.05) is 30.3 Å². The van der Waals surface area contributed by atoms with Crippen LogP contribution in [0.1, 0.15) is 35.8 Å². The first-order chi connectivity index (χ1) is 17.2. The molecule has 2 fully saturated rings. The van der Waals surface area contributed by atoms with E-state index >= 15 is 0 Å². The van der Waals surface area contributed by atoms with Gasteiger partial charge in [0.2, 0.25) is 0 Å². The van der Waals surface area contributed by atoms with Crippen LogP contribution in [-0.2, 0) is 0 Å². The number of amides is 1. The van der Waals surface area contributed by atoms with E-state index in [1.54, 1.807) is 28.0 Å². The number of likely N-dealkylation sites (tertiary alicyclic amines) is 2. The molecule has 0 saturated carbocycles. The summed E-state index contributed by atoms with van der Waals surface area (Å²) in [5.41, 5.74) is 3.57.